The third-order valence-corrected chi connectivity index (χ3v) is 5.40. The molecule has 0 fully saturated rings. The summed E-state index contributed by atoms with van der Waals surface area (Å²) in [5.41, 5.74) is 6.58. The fraction of sp³-hybridized carbons (Fsp3) is 0.316. The normalized spacial score (nSPS) is 14.5. The maximum absolute atomic E-state index is 12.6. The van der Waals surface area contributed by atoms with Crippen LogP contribution in [0.4, 0.5) is 0 Å². The zero-order valence-electron chi connectivity index (χ0n) is 14.2. The molecule has 0 aliphatic carbocycles. The number of hydrogen-bond acceptors (Lipinski definition) is 4. The van der Waals surface area contributed by atoms with Crippen molar-refractivity contribution < 1.29 is 14.6 Å². The summed E-state index contributed by atoms with van der Waals surface area (Å²) in [6.45, 7) is 2.02. The second-order valence-corrected chi connectivity index (χ2v) is 7.51. The summed E-state index contributed by atoms with van der Waals surface area (Å²) >= 11 is 17.7. The highest BCUT2D eigenvalue weighted by Gasteiger charge is 2.23. The molecular formula is C19H20Cl3NO3. The molecule has 3 N–H and O–H groups in total. The molecule has 140 valence electrons. The van der Waals surface area contributed by atoms with Gasteiger partial charge in [0.25, 0.3) is 0 Å². The first-order valence-corrected chi connectivity index (χ1v) is 9.23. The predicted molar refractivity (Wildman–Crippen MR) is 106 cm³/mol. The number of halogens is 3. The molecule has 0 radical (unpaired) electrons. The maximum Gasteiger partial charge on any atom is 0.184 e. The lowest BCUT2D eigenvalue weighted by atomic mass is 9.96. The van der Waals surface area contributed by atoms with Crippen LogP contribution in [0, 0.1) is 5.41 Å². The number of aliphatic hydroxyl groups excluding tert-OH is 1. The van der Waals surface area contributed by atoms with Crippen molar-refractivity contribution in [3.8, 4) is 5.75 Å². The Balaban J connectivity index is 2.07. The Morgan fingerprint density at radius 3 is 2.38 bits per heavy atom. The molecule has 2 atom stereocenters. The van der Waals surface area contributed by atoms with Gasteiger partial charge in [0, 0.05) is 16.9 Å². The summed E-state index contributed by atoms with van der Waals surface area (Å²) in [5.74, 6) is 0.615. The van der Waals surface area contributed by atoms with Crippen LogP contribution in [-0.4, -0.2) is 30.0 Å². The Kier molecular flexibility index (Phi) is 7.33. The van der Waals surface area contributed by atoms with E-state index >= 15 is 0 Å². The van der Waals surface area contributed by atoms with Gasteiger partial charge >= 0.3 is 0 Å². The van der Waals surface area contributed by atoms with Crippen molar-refractivity contribution in [3.05, 3.63) is 63.6 Å². The van der Waals surface area contributed by atoms with Crippen LogP contribution < -0.4 is 10.5 Å². The number of ketones is 1. The van der Waals surface area contributed by atoms with Gasteiger partial charge in [-0.15, -0.1) is 11.6 Å². The third-order valence-electron chi connectivity index (χ3n) is 4.02. The average molecular weight is 417 g/mol. The highest BCUT2D eigenvalue weighted by atomic mass is 35.5. The topological polar surface area (TPSA) is 72.5 Å². The van der Waals surface area contributed by atoms with Crippen molar-refractivity contribution in [2.24, 2.45) is 11.1 Å². The summed E-state index contributed by atoms with van der Waals surface area (Å²) in [7, 11) is 0. The molecule has 2 rings (SSSR count). The number of rotatable bonds is 8. The van der Waals surface area contributed by atoms with E-state index in [1.54, 1.807) is 42.5 Å². The number of Topliss-reactive ketones (excluding diaryl/α,β-unsaturated/α-hetero) is 1. The van der Waals surface area contributed by atoms with Gasteiger partial charge in [0.1, 0.15) is 5.75 Å². The molecule has 0 aromatic heterocycles. The fourth-order valence-electron chi connectivity index (χ4n) is 2.14. The van der Waals surface area contributed by atoms with Gasteiger partial charge in [-0.2, -0.15) is 0 Å². The van der Waals surface area contributed by atoms with E-state index in [1.165, 1.54) is 0 Å². The number of aliphatic hydroxyl groups is 1. The molecule has 0 aliphatic heterocycles. The molecule has 2 aromatic rings. The Labute approximate surface area is 167 Å². The quantitative estimate of drug-likeness (QED) is 0.491. The number of carbonyl (C=O) groups is 1. The van der Waals surface area contributed by atoms with Gasteiger partial charge in [0.2, 0.25) is 0 Å². The first-order chi connectivity index (χ1) is 12.3. The molecular weight excluding hydrogens is 397 g/mol. The highest BCUT2D eigenvalue weighted by Crippen LogP contribution is 2.27. The molecule has 0 bridgehead atoms. The summed E-state index contributed by atoms with van der Waals surface area (Å²) < 4.78 is 5.64. The van der Waals surface area contributed by atoms with Crippen LogP contribution in [0.25, 0.3) is 0 Å². The van der Waals surface area contributed by atoms with Gasteiger partial charge < -0.3 is 15.6 Å². The predicted octanol–water partition coefficient (Wildman–Crippen LogP) is 4.49. The molecule has 0 spiro atoms. The lowest BCUT2D eigenvalue weighted by Crippen LogP contribution is -2.31. The summed E-state index contributed by atoms with van der Waals surface area (Å²) in [5, 5.41) is 10.1. The Morgan fingerprint density at radius 2 is 1.85 bits per heavy atom. The SMILES string of the molecule is CC(CO)(CCl)COc1ccc(C(=O)C(N)c2ccc(Cl)c(Cl)c2)cc1. The molecule has 0 aliphatic rings. The molecule has 26 heavy (non-hydrogen) atoms. The Morgan fingerprint density at radius 1 is 1.19 bits per heavy atom. The summed E-state index contributed by atoms with van der Waals surface area (Å²) in [6, 6.07) is 10.7. The van der Waals surface area contributed by atoms with Crippen LogP contribution in [0.5, 0.6) is 5.75 Å². The van der Waals surface area contributed by atoms with E-state index in [2.05, 4.69) is 0 Å². The lowest BCUT2D eigenvalue weighted by Gasteiger charge is -2.24. The highest BCUT2D eigenvalue weighted by molar-refractivity contribution is 6.42. The second kappa shape index (κ2) is 9.07. The fourth-order valence-corrected chi connectivity index (χ4v) is 2.60. The van der Waals surface area contributed by atoms with Crippen LogP contribution in [0.1, 0.15) is 28.9 Å². The molecule has 0 saturated heterocycles. The van der Waals surface area contributed by atoms with Gasteiger partial charge in [-0.1, -0.05) is 36.2 Å². The van der Waals surface area contributed by atoms with Gasteiger partial charge in [-0.3, -0.25) is 4.79 Å². The molecule has 2 aromatic carbocycles. The zero-order chi connectivity index (χ0) is 19.3. The minimum atomic E-state index is -0.842. The largest absolute Gasteiger partial charge is 0.493 e. The Bertz CT molecular complexity index is 761. The van der Waals surface area contributed by atoms with E-state index in [9.17, 15) is 9.90 Å². The zero-order valence-corrected chi connectivity index (χ0v) is 16.5. The smallest absolute Gasteiger partial charge is 0.184 e. The van der Waals surface area contributed by atoms with Crippen molar-refractivity contribution in [2.75, 3.05) is 19.1 Å². The van der Waals surface area contributed by atoms with Crippen molar-refractivity contribution >= 4 is 40.6 Å². The van der Waals surface area contributed by atoms with Crippen LogP contribution >= 0.6 is 34.8 Å². The Hall–Kier alpha value is -1.30. The first kappa shape index (κ1) is 21.0. The van der Waals surface area contributed by atoms with E-state index in [0.717, 1.165) is 0 Å². The molecule has 0 amide bonds. The number of alkyl halides is 1. The third kappa shape index (κ3) is 5.12. The van der Waals surface area contributed by atoms with Gasteiger partial charge in [-0.25, -0.2) is 0 Å². The molecule has 0 saturated carbocycles. The summed E-state index contributed by atoms with van der Waals surface area (Å²) in [4.78, 5) is 12.6. The number of ether oxygens (including phenoxy) is 1. The lowest BCUT2D eigenvalue weighted by molar-refractivity contribution is 0.0960. The van der Waals surface area contributed by atoms with Crippen molar-refractivity contribution in [1.29, 1.82) is 0 Å². The van der Waals surface area contributed by atoms with Crippen LogP contribution in [-0.2, 0) is 0 Å². The van der Waals surface area contributed by atoms with Crippen molar-refractivity contribution in [2.45, 2.75) is 13.0 Å². The monoisotopic (exact) mass is 415 g/mol. The van der Waals surface area contributed by atoms with Crippen LogP contribution in [0.15, 0.2) is 42.5 Å². The van der Waals surface area contributed by atoms with Gasteiger partial charge in [0.05, 0.1) is 29.3 Å². The van der Waals surface area contributed by atoms with Crippen LogP contribution in [0.3, 0.4) is 0 Å². The van der Waals surface area contributed by atoms with E-state index in [-0.39, 0.29) is 24.9 Å². The standard InChI is InChI=1S/C19H20Cl3NO3/c1-19(9-20,10-24)11-26-14-5-2-12(3-6-14)18(25)17(23)13-4-7-15(21)16(22)8-13/h2-8,17,24H,9-11,23H2,1H3. The molecule has 0 heterocycles. The van der Waals surface area contributed by atoms with Gasteiger partial charge in [-0.05, 0) is 42.0 Å². The van der Waals surface area contributed by atoms with E-state index < -0.39 is 11.5 Å². The average Bonchev–Trinajstić information content (AvgIpc) is 2.67. The minimum Gasteiger partial charge on any atom is -0.493 e. The van der Waals surface area contributed by atoms with Crippen molar-refractivity contribution in [1.82, 2.24) is 0 Å². The van der Waals surface area contributed by atoms with Crippen molar-refractivity contribution in [3.63, 3.8) is 0 Å². The van der Waals surface area contributed by atoms with E-state index in [0.29, 0.717) is 26.9 Å². The number of hydrogen-bond donors (Lipinski definition) is 2. The number of nitrogens with two attached hydrogens (primary N) is 1. The maximum atomic E-state index is 12.6. The first-order valence-electron chi connectivity index (χ1n) is 7.94. The van der Waals surface area contributed by atoms with E-state index in [4.69, 9.17) is 45.3 Å². The number of carbonyl (C=O) groups excluding carboxylic acids is 1. The van der Waals surface area contributed by atoms with E-state index in [1.807, 2.05) is 6.92 Å². The summed E-state index contributed by atoms with van der Waals surface area (Å²) in [6.07, 6.45) is 0. The van der Waals surface area contributed by atoms with Gasteiger partial charge in [0.15, 0.2) is 5.78 Å². The molecule has 7 heteroatoms. The van der Waals surface area contributed by atoms with Crippen LogP contribution in [0.2, 0.25) is 10.0 Å². The second-order valence-electron chi connectivity index (χ2n) is 6.43. The minimum absolute atomic E-state index is 0.0778. The number of benzene rings is 2. The molecule has 4 nitrogen and oxygen atoms in total. The molecule has 2 unspecified atom stereocenters.